The second kappa shape index (κ2) is 5.42. The van der Waals surface area contributed by atoms with Crippen LogP contribution < -0.4 is 5.73 Å². The van der Waals surface area contributed by atoms with Gasteiger partial charge in [-0.15, -0.1) is 0 Å². The summed E-state index contributed by atoms with van der Waals surface area (Å²) in [4.78, 5) is 0.199. The Balaban J connectivity index is 2.37. The summed E-state index contributed by atoms with van der Waals surface area (Å²) in [5, 5.41) is 0. The van der Waals surface area contributed by atoms with Gasteiger partial charge in [-0.1, -0.05) is 15.9 Å². The van der Waals surface area contributed by atoms with Gasteiger partial charge in [-0.3, -0.25) is 0 Å². The average Bonchev–Trinajstić information content (AvgIpc) is 3.08. The second-order valence-electron chi connectivity index (χ2n) is 5.29. The molecule has 2 rings (SSSR count). The fraction of sp³-hybridized carbons (Fsp3) is 0.538. The van der Waals surface area contributed by atoms with Crippen molar-refractivity contribution in [1.29, 1.82) is 0 Å². The van der Waals surface area contributed by atoms with Crippen molar-refractivity contribution in [3.63, 3.8) is 0 Å². The lowest BCUT2D eigenvalue weighted by atomic mass is 10.3. The molecule has 0 saturated heterocycles. The molecular weight excluding hydrogens is 328 g/mol. The van der Waals surface area contributed by atoms with E-state index in [4.69, 9.17) is 5.73 Å². The maximum absolute atomic E-state index is 12.7. The molecule has 106 valence electrons. The number of sulfonamides is 1. The Hall–Kier alpha value is -0.590. The van der Waals surface area contributed by atoms with E-state index in [9.17, 15) is 8.42 Å². The molecule has 0 bridgehead atoms. The van der Waals surface area contributed by atoms with Crippen LogP contribution in [0.2, 0.25) is 0 Å². The van der Waals surface area contributed by atoms with Crippen LogP contribution in [0.5, 0.6) is 0 Å². The van der Waals surface area contributed by atoms with Gasteiger partial charge in [0.1, 0.15) is 4.90 Å². The van der Waals surface area contributed by atoms with Gasteiger partial charge in [-0.2, -0.15) is 4.31 Å². The first kappa shape index (κ1) is 14.8. The van der Waals surface area contributed by atoms with Crippen molar-refractivity contribution < 1.29 is 8.42 Å². The minimum absolute atomic E-state index is 0.0614. The van der Waals surface area contributed by atoms with E-state index < -0.39 is 10.0 Å². The Kier molecular flexibility index (Phi) is 4.23. The normalized spacial score (nSPS) is 16.3. The summed E-state index contributed by atoms with van der Waals surface area (Å²) in [5.41, 5.74) is 6.14. The molecule has 0 spiro atoms. The van der Waals surface area contributed by atoms with Gasteiger partial charge >= 0.3 is 0 Å². The van der Waals surface area contributed by atoms with Crippen molar-refractivity contribution in [2.45, 2.75) is 37.6 Å². The highest BCUT2D eigenvalue weighted by Crippen LogP contribution is 2.34. The van der Waals surface area contributed by atoms with Crippen molar-refractivity contribution >= 4 is 31.6 Å². The third-order valence-electron chi connectivity index (χ3n) is 3.27. The summed E-state index contributed by atoms with van der Waals surface area (Å²) in [6.45, 7) is 4.39. The van der Waals surface area contributed by atoms with Crippen molar-refractivity contribution in [3.8, 4) is 0 Å². The van der Waals surface area contributed by atoms with Gasteiger partial charge in [0.2, 0.25) is 10.0 Å². The van der Waals surface area contributed by atoms with Crippen LogP contribution in [0.15, 0.2) is 27.6 Å². The quantitative estimate of drug-likeness (QED) is 0.833. The van der Waals surface area contributed by atoms with E-state index in [0.717, 1.165) is 17.3 Å². The van der Waals surface area contributed by atoms with Crippen molar-refractivity contribution in [3.05, 3.63) is 22.7 Å². The third kappa shape index (κ3) is 3.30. The fourth-order valence-electron chi connectivity index (χ4n) is 2.02. The molecule has 0 heterocycles. The van der Waals surface area contributed by atoms with E-state index in [-0.39, 0.29) is 16.6 Å². The Morgan fingerprint density at radius 2 is 2.05 bits per heavy atom. The van der Waals surface area contributed by atoms with Gasteiger partial charge in [0.15, 0.2) is 0 Å². The van der Waals surface area contributed by atoms with Gasteiger partial charge in [-0.05, 0) is 50.8 Å². The van der Waals surface area contributed by atoms with Gasteiger partial charge in [0, 0.05) is 17.1 Å². The van der Waals surface area contributed by atoms with Crippen LogP contribution >= 0.6 is 15.9 Å². The summed E-state index contributed by atoms with van der Waals surface area (Å²) in [7, 11) is -3.52. The largest absolute Gasteiger partial charge is 0.398 e. The molecule has 0 atom stereocenters. The minimum Gasteiger partial charge on any atom is -0.398 e. The number of hydrogen-bond acceptors (Lipinski definition) is 3. The predicted molar refractivity (Wildman–Crippen MR) is 80.3 cm³/mol. The van der Waals surface area contributed by atoms with Crippen LogP contribution in [-0.4, -0.2) is 25.3 Å². The molecule has 2 N–H and O–H groups in total. The number of nitrogens with two attached hydrogens (primary N) is 1. The first-order valence-electron chi connectivity index (χ1n) is 6.39. The number of hydrogen-bond donors (Lipinski definition) is 1. The first-order valence-corrected chi connectivity index (χ1v) is 8.62. The zero-order chi connectivity index (χ0) is 14.2. The SMILES string of the molecule is CC(C)N(CC1CC1)S(=O)(=O)c1ccc(Br)cc1N. The summed E-state index contributed by atoms with van der Waals surface area (Å²) in [5.74, 6) is 0.508. The van der Waals surface area contributed by atoms with Crippen LogP contribution in [0.1, 0.15) is 26.7 Å². The van der Waals surface area contributed by atoms with Gasteiger partial charge in [-0.25, -0.2) is 8.42 Å². The van der Waals surface area contributed by atoms with Crippen molar-refractivity contribution in [2.24, 2.45) is 5.92 Å². The van der Waals surface area contributed by atoms with Gasteiger partial charge < -0.3 is 5.73 Å². The number of nitrogens with zero attached hydrogens (tertiary/aromatic N) is 1. The highest BCUT2D eigenvalue weighted by Gasteiger charge is 2.34. The topological polar surface area (TPSA) is 63.4 Å². The molecule has 0 amide bonds. The summed E-state index contributed by atoms with van der Waals surface area (Å²) < 4.78 is 27.7. The third-order valence-corrected chi connectivity index (χ3v) is 5.88. The van der Waals surface area contributed by atoms with Crippen LogP contribution in [0.25, 0.3) is 0 Å². The monoisotopic (exact) mass is 346 g/mol. The number of rotatable bonds is 5. The molecule has 0 aromatic heterocycles. The van der Waals surface area contributed by atoms with Crippen molar-refractivity contribution in [1.82, 2.24) is 4.31 Å². The maximum atomic E-state index is 12.7. The molecule has 19 heavy (non-hydrogen) atoms. The van der Waals surface area contributed by atoms with E-state index in [1.54, 1.807) is 22.5 Å². The molecule has 0 aliphatic heterocycles. The average molecular weight is 347 g/mol. The van der Waals surface area contributed by atoms with Crippen molar-refractivity contribution in [2.75, 3.05) is 12.3 Å². The molecule has 1 fully saturated rings. The van der Waals surface area contributed by atoms with E-state index in [2.05, 4.69) is 15.9 Å². The zero-order valence-electron chi connectivity index (χ0n) is 11.1. The first-order chi connectivity index (χ1) is 8.82. The Labute approximate surface area is 123 Å². The van der Waals surface area contributed by atoms with E-state index in [1.165, 1.54) is 0 Å². The Morgan fingerprint density at radius 3 is 2.53 bits per heavy atom. The van der Waals surface area contributed by atoms with Crippen LogP contribution in [0, 0.1) is 5.92 Å². The van der Waals surface area contributed by atoms with E-state index >= 15 is 0 Å². The predicted octanol–water partition coefficient (Wildman–Crippen LogP) is 2.84. The molecule has 1 saturated carbocycles. The van der Waals surface area contributed by atoms with Crippen LogP contribution in [-0.2, 0) is 10.0 Å². The molecule has 0 unspecified atom stereocenters. The Morgan fingerprint density at radius 1 is 1.42 bits per heavy atom. The van der Waals surface area contributed by atoms with Gasteiger partial charge in [0.05, 0.1) is 5.69 Å². The summed E-state index contributed by atoms with van der Waals surface area (Å²) in [6, 6.07) is 4.84. The Bertz CT molecular complexity index is 568. The number of anilines is 1. The zero-order valence-corrected chi connectivity index (χ0v) is 13.5. The maximum Gasteiger partial charge on any atom is 0.245 e. The van der Waals surface area contributed by atoms with Crippen LogP contribution in [0.3, 0.4) is 0 Å². The minimum atomic E-state index is -3.52. The summed E-state index contributed by atoms with van der Waals surface area (Å²) >= 11 is 3.29. The summed E-state index contributed by atoms with van der Waals surface area (Å²) in [6.07, 6.45) is 2.24. The van der Waals surface area contributed by atoms with E-state index in [1.807, 2.05) is 13.8 Å². The van der Waals surface area contributed by atoms with Crippen LogP contribution in [0.4, 0.5) is 5.69 Å². The highest BCUT2D eigenvalue weighted by atomic mass is 79.9. The lowest BCUT2D eigenvalue weighted by Crippen LogP contribution is -2.38. The molecule has 1 aliphatic rings. The highest BCUT2D eigenvalue weighted by molar-refractivity contribution is 9.10. The number of halogens is 1. The number of benzene rings is 1. The fourth-order valence-corrected chi connectivity index (χ4v) is 4.21. The lowest BCUT2D eigenvalue weighted by Gasteiger charge is -2.26. The molecule has 4 nitrogen and oxygen atoms in total. The number of nitrogen functional groups attached to an aromatic ring is 1. The molecule has 1 aliphatic carbocycles. The molecule has 0 radical (unpaired) electrons. The molecular formula is C13H19BrN2O2S. The molecule has 1 aromatic carbocycles. The molecule has 1 aromatic rings. The molecule has 6 heteroatoms. The van der Waals surface area contributed by atoms with Gasteiger partial charge in [0.25, 0.3) is 0 Å². The standard InChI is InChI=1S/C13H19BrN2O2S/c1-9(2)16(8-10-3-4-10)19(17,18)13-6-5-11(14)7-12(13)15/h5-7,9-10H,3-4,8,15H2,1-2H3. The lowest BCUT2D eigenvalue weighted by molar-refractivity contribution is 0.342. The second-order valence-corrected chi connectivity index (χ2v) is 8.07. The van der Waals surface area contributed by atoms with E-state index in [0.29, 0.717) is 12.5 Å². The smallest absolute Gasteiger partial charge is 0.245 e.